The van der Waals surface area contributed by atoms with Crippen molar-refractivity contribution >= 4 is 34.5 Å². The number of ether oxygens (including phenoxy) is 1. The number of nitrogens with one attached hydrogen (secondary N) is 1. The number of carbonyl (C=O) groups is 1. The Hall–Kier alpha value is -3.87. The number of nitrogens with zero attached hydrogens (tertiary/aromatic N) is 2. The molecule has 0 aliphatic carbocycles. The number of rotatable bonds is 7. The lowest BCUT2D eigenvalue weighted by Gasteiger charge is -2.29. The standard InChI is InChI=1S/C31H30ClN3O3.H2/c1-20-15-22-11-12-35(19-25(22)16-21(20)2)13-14-38-30-10-8-24(26-5-3-4-6-27(26)30)18-33-34-31(37)23-7-9-29(36)28(32)17-23;/h3-10,15-18,36H,11-14,19H2,1-2H3,(H,34,37);1H/b33-18+;. The van der Waals surface area contributed by atoms with Crippen molar-refractivity contribution in [3.05, 3.63) is 105 Å². The number of halogens is 1. The second kappa shape index (κ2) is 11.3. The van der Waals surface area contributed by atoms with Crippen LogP contribution in [0.3, 0.4) is 0 Å². The zero-order chi connectivity index (χ0) is 26.6. The molecule has 4 aromatic rings. The summed E-state index contributed by atoms with van der Waals surface area (Å²) in [5.41, 5.74) is 9.28. The molecule has 0 fully saturated rings. The summed E-state index contributed by atoms with van der Waals surface area (Å²) in [4.78, 5) is 14.8. The van der Waals surface area contributed by atoms with Crippen LogP contribution in [0.4, 0.5) is 0 Å². The lowest BCUT2D eigenvalue weighted by Crippen LogP contribution is -2.34. The van der Waals surface area contributed by atoms with Gasteiger partial charge in [-0.25, -0.2) is 5.43 Å². The third-order valence-electron chi connectivity index (χ3n) is 7.07. The number of carbonyl (C=O) groups excluding carboxylic acids is 1. The SMILES string of the molecule is Cc1cc2c(cc1C)CN(CCOc1ccc(/C=N/NC(=O)c3ccc(O)c(Cl)c3)c3ccccc13)CC2.[HH]. The van der Waals surface area contributed by atoms with Gasteiger partial charge < -0.3 is 9.84 Å². The van der Waals surface area contributed by atoms with Crippen molar-refractivity contribution in [2.75, 3.05) is 19.7 Å². The first-order valence-electron chi connectivity index (χ1n) is 12.7. The Labute approximate surface area is 229 Å². The number of benzene rings is 4. The largest absolute Gasteiger partial charge is 0.506 e. The zero-order valence-electron chi connectivity index (χ0n) is 21.5. The topological polar surface area (TPSA) is 74.2 Å². The van der Waals surface area contributed by atoms with E-state index in [9.17, 15) is 9.90 Å². The van der Waals surface area contributed by atoms with E-state index < -0.39 is 5.91 Å². The quantitative estimate of drug-likeness (QED) is 0.219. The van der Waals surface area contributed by atoms with Crippen LogP contribution < -0.4 is 10.2 Å². The van der Waals surface area contributed by atoms with E-state index in [2.05, 4.69) is 41.4 Å². The van der Waals surface area contributed by atoms with Gasteiger partial charge in [0, 0.05) is 37.6 Å². The highest BCUT2D eigenvalue weighted by atomic mass is 35.5. The molecule has 0 saturated carbocycles. The number of phenols is 1. The fourth-order valence-electron chi connectivity index (χ4n) is 4.80. The van der Waals surface area contributed by atoms with E-state index in [0.717, 1.165) is 48.1 Å². The molecular weight excluding hydrogens is 498 g/mol. The molecule has 7 heteroatoms. The summed E-state index contributed by atoms with van der Waals surface area (Å²) in [7, 11) is 0. The van der Waals surface area contributed by atoms with Gasteiger partial charge in [0.15, 0.2) is 0 Å². The Bertz CT molecular complexity index is 1540. The number of amides is 1. The highest BCUT2D eigenvalue weighted by molar-refractivity contribution is 6.32. The third kappa shape index (κ3) is 5.67. The molecule has 38 heavy (non-hydrogen) atoms. The minimum absolute atomic E-state index is 0. The minimum Gasteiger partial charge on any atom is -0.506 e. The molecule has 0 spiro atoms. The van der Waals surface area contributed by atoms with Crippen LogP contribution in [0, 0.1) is 13.8 Å². The van der Waals surface area contributed by atoms with Crippen molar-refractivity contribution in [3.63, 3.8) is 0 Å². The summed E-state index contributed by atoms with van der Waals surface area (Å²) in [5, 5.41) is 15.7. The Morgan fingerprint density at radius 3 is 2.63 bits per heavy atom. The van der Waals surface area contributed by atoms with Crippen LogP contribution in [0.1, 0.15) is 39.6 Å². The van der Waals surface area contributed by atoms with E-state index >= 15 is 0 Å². The van der Waals surface area contributed by atoms with E-state index in [1.807, 2.05) is 36.4 Å². The number of hydrogen-bond acceptors (Lipinski definition) is 5. The zero-order valence-corrected chi connectivity index (χ0v) is 22.3. The van der Waals surface area contributed by atoms with Crippen LogP contribution in [-0.4, -0.2) is 41.8 Å². The van der Waals surface area contributed by atoms with Gasteiger partial charge in [0.2, 0.25) is 0 Å². The fraction of sp³-hybridized carbons (Fsp3) is 0.226. The molecule has 196 valence electrons. The maximum atomic E-state index is 12.4. The van der Waals surface area contributed by atoms with E-state index in [1.165, 1.54) is 40.5 Å². The molecule has 0 bridgehead atoms. The normalized spacial score (nSPS) is 13.6. The molecule has 4 aromatic carbocycles. The van der Waals surface area contributed by atoms with Gasteiger partial charge in [-0.3, -0.25) is 9.69 Å². The molecule has 0 radical (unpaired) electrons. The highest BCUT2D eigenvalue weighted by Gasteiger charge is 2.17. The van der Waals surface area contributed by atoms with E-state index in [0.29, 0.717) is 12.2 Å². The van der Waals surface area contributed by atoms with Gasteiger partial charge in [0.1, 0.15) is 18.1 Å². The highest BCUT2D eigenvalue weighted by Crippen LogP contribution is 2.29. The molecule has 5 rings (SSSR count). The van der Waals surface area contributed by atoms with E-state index in [1.54, 1.807) is 6.21 Å². The molecular formula is C31H32ClN3O3. The average Bonchev–Trinajstić information content (AvgIpc) is 2.92. The number of aryl methyl sites for hydroxylation is 2. The lowest BCUT2D eigenvalue weighted by molar-refractivity contribution is 0.0955. The van der Waals surface area contributed by atoms with Gasteiger partial charge >= 0.3 is 0 Å². The molecule has 1 heterocycles. The summed E-state index contributed by atoms with van der Waals surface area (Å²) in [5.74, 6) is 0.328. The predicted molar refractivity (Wildman–Crippen MR) is 155 cm³/mol. The van der Waals surface area contributed by atoms with Crippen LogP contribution >= 0.6 is 11.6 Å². The maximum absolute atomic E-state index is 12.4. The van der Waals surface area contributed by atoms with Crippen LogP contribution in [0.25, 0.3) is 10.8 Å². The molecule has 1 aliphatic heterocycles. The monoisotopic (exact) mass is 529 g/mol. The van der Waals surface area contributed by atoms with Crippen LogP contribution in [0.2, 0.25) is 5.02 Å². The predicted octanol–water partition coefficient (Wildman–Crippen LogP) is 6.26. The van der Waals surface area contributed by atoms with Crippen LogP contribution in [0.15, 0.2) is 71.8 Å². The Morgan fingerprint density at radius 2 is 1.84 bits per heavy atom. The van der Waals surface area contributed by atoms with Crippen LogP contribution in [-0.2, 0) is 13.0 Å². The Morgan fingerprint density at radius 1 is 1.08 bits per heavy atom. The van der Waals surface area contributed by atoms with Crippen molar-refractivity contribution in [1.29, 1.82) is 0 Å². The summed E-state index contributed by atoms with van der Waals surface area (Å²) >= 11 is 5.90. The third-order valence-corrected chi connectivity index (χ3v) is 7.37. The van der Waals surface area contributed by atoms with Crippen molar-refractivity contribution < 1.29 is 16.1 Å². The second-order valence-electron chi connectivity index (χ2n) is 9.64. The van der Waals surface area contributed by atoms with Crippen molar-refractivity contribution in [2.45, 2.75) is 26.8 Å². The van der Waals surface area contributed by atoms with Crippen molar-refractivity contribution in [1.82, 2.24) is 10.3 Å². The summed E-state index contributed by atoms with van der Waals surface area (Å²) in [6, 6.07) is 20.8. The first-order chi connectivity index (χ1) is 18.4. The lowest BCUT2D eigenvalue weighted by atomic mass is 9.95. The van der Waals surface area contributed by atoms with Crippen molar-refractivity contribution in [3.8, 4) is 11.5 Å². The van der Waals surface area contributed by atoms with Gasteiger partial charge in [0.25, 0.3) is 5.91 Å². The molecule has 1 amide bonds. The first-order valence-corrected chi connectivity index (χ1v) is 13.0. The number of fused-ring (bicyclic) bond motifs is 2. The fourth-order valence-corrected chi connectivity index (χ4v) is 4.98. The molecule has 6 nitrogen and oxygen atoms in total. The van der Waals surface area contributed by atoms with Gasteiger partial charge in [-0.1, -0.05) is 48.0 Å². The molecule has 1 aliphatic rings. The van der Waals surface area contributed by atoms with E-state index in [-0.39, 0.29) is 12.2 Å². The second-order valence-corrected chi connectivity index (χ2v) is 10.1. The Balaban J connectivity index is 0.00000353. The van der Waals surface area contributed by atoms with E-state index in [4.69, 9.17) is 16.3 Å². The molecule has 0 saturated heterocycles. The maximum Gasteiger partial charge on any atom is 0.271 e. The average molecular weight is 530 g/mol. The number of phenolic OH excluding ortho intramolecular Hbond substituents is 1. The molecule has 0 unspecified atom stereocenters. The number of hydrogen-bond donors (Lipinski definition) is 2. The summed E-state index contributed by atoms with van der Waals surface area (Å²) in [6.45, 7) is 7.81. The molecule has 0 atom stereocenters. The molecule has 0 aromatic heterocycles. The summed E-state index contributed by atoms with van der Waals surface area (Å²) < 4.78 is 6.24. The van der Waals surface area contributed by atoms with Gasteiger partial charge in [0.05, 0.1) is 11.2 Å². The number of aromatic hydroxyl groups is 1. The number of hydrazone groups is 1. The summed E-state index contributed by atoms with van der Waals surface area (Å²) in [6.07, 6.45) is 2.69. The van der Waals surface area contributed by atoms with Gasteiger partial charge in [-0.15, -0.1) is 0 Å². The molecule has 2 N–H and O–H groups in total. The first kappa shape index (κ1) is 25.8. The van der Waals surface area contributed by atoms with Gasteiger partial charge in [-0.05, 0) is 78.2 Å². The van der Waals surface area contributed by atoms with Gasteiger partial charge in [-0.2, -0.15) is 5.10 Å². The van der Waals surface area contributed by atoms with Crippen LogP contribution in [0.5, 0.6) is 11.5 Å². The smallest absolute Gasteiger partial charge is 0.271 e. The Kier molecular flexibility index (Phi) is 7.63. The minimum atomic E-state index is -0.418. The van der Waals surface area contributed by atoms with Crippen molar-refractivity contribution in [2.24, 2.45) is 5.10 Å².